The van der Waals surface area contributed by atoms with Gasteiger partial charge in [0.15, 0.2) is 0 Å². The summed E-state index contributed by atoms with van der Waals surface area (Å²) in [7, 11) is -1.22. The maximum atomic E-state index is 13.2. The minimum Gasteiger partial charge on any atom is -0.242 e. The summed E-state index contributed by atoms with van der Waals surface area (Å²) in [5.41, 5.74) is 0.0632. The molecule has 1 aliphatic rings. The lowest BCUT2D eigenvalue weighted by molar-refractivity contribution is 0.551. The van der Waals surface area contributed by atoms with E-state index in [1.54, 1.807) is 6.56 Å². The van der Waals surface area contributed by atoms with Gasteiger partial charge in [0, 0.05) is 4.65 Å². The Morgan fingerprint density at radius 1 is 1.09 bits per heavy atom. The van der Waals surface area contributed by atoms with E-state index in [2.05, 4.69) is 55.7 Å². The fraction of sp³-hybridized carbons (Fsp3) is 1.00. The molecule has 3 unspecified atom stereocenters. The molecule has 126 valence electrons. The van der Waals surface area contributed by atoms with Crippen molar-refractivity contribution in [2.24, 2.45) is 11.3 Å². The first-order valence-electron chi connectivity index (χ1n) is 8.67. The lowest BCUT2D eigenvalue weighted by atomic mass is 9.45. The van der Waals surface area contributed by atoms with Gasteiger partial charge in [-0.05, 0) is 23.1 Å². The largest absolute Gasteiger partial charge is 0.286 e. The molecule has 1 saturated carbocycles. The predicted molar refractivity (Wildman–Crippen MR) is 99.4 cm³/mol. The molecule has 2 nitrogen and oxygen atoms in total. The van der Waals surface area contributed by atoms with Crippen LogP contribution in [0.4, 0.5) is 0 Å². The van der Waals surface area contributed by atoms with Crippen LogP contribution < -0.4 is 0 Å². The van der Waals surface area contributed by atoms with Crippen LogP contribution in [0.5, 0.6) is 0 Å². The van der Waals surface area contributed by atoms with Crippen LogP contribution in [0.25, 0.3) is 0 Å². The molecule has 0 saturated heterocycles. The monoisotopic (exact) mass is 324 g/mol. The van der Waals surface area contributed by atoms with Crippen LogP contribution in [0, 0.1) is 11.3 Å². The summed E-state index contributed by atoms with van der Waals surface area (Å²) >= 11 is 0. The van der Waals surface area contributed by atoms with Gasteiger partial charge in [0.1, 0.15) is 7.28 Å². The molecule has 1 fully saturated rings. The summed E-state index contributed by atoms with van der Waals surface area (Å²) in [5, 5.41) is -0.281. The third kappa shape index (κ3) is 3.30. The fourth-order valence-electron chi connectivity index (χ4n) is 3.95. The van der Waals surface area contributed by atoms with Gasteiger partial charge in [-0.15, -0.1) is 0 Å². The fourth-order valence-corrected chi connectivity index (χ4v) is 6.26. The quantitative estimate of drug-likeness (QED) is 0.606. The highest BCUT2D eigenvalue weighted by Crippen LogP contribution is 2.74. The molecule has 3 atom stereocenters. The molecule has 0 aromatic carbocycles. The molecular weight excluding hydrogens is 290 g/mol. The number of rotatable bonds is 8. The van der Waals surface area contributed by atoms with Crippen LogP contribution in [0.15, 0.2) is 0 Å². The van der Waals surface area contributed by atoms with Crippen molar-refractivity contribution in [1.29, 1.82) is 0 Å². The first kappa shape index (κ1) is 20.1. The van der Waals surface area contributed by atoms with E-state index >= 15 is 0 Å². The molecule has 0 heterocycles. The molecule has 0 spiro atoms. The van der Waals surface area contributed by atoms with Crippen LogP contribution in [0.3, 0.4) is 0 Å². The predicted octanol–water partition coefficient (Wildman–Crippen LogP) is 4.70. The van der Waals surface area contributed by atoms with Crippen LogP contribution in [-0.2, 0) is 9.69 Å². The van der Waals surface area contributed by atoms with Gasteiger partial charge in [-0.1, -0.05) is 80.5 Å². The third-order valence-electron chi connectivity index (χ3n) is 6.63. The van der Waals surface area contributed by atoms with Crippen molar-refractivity contribution in [3.8, 4) is 0 Å². The molecule has 1 rings (SSSR count). The Hall–Kier alpha value is 0.0799. The average Bonchev–Trinajstić information content (AvgIpc) is 2.71. The summed E-state index contributed by atoms with van der Waals surface area (Å²) in [5.74, 6) is 0.402. The topological polar surface area (TPSA) is 34.1 Å². The van der Waals surface area contributed by atoms with E-state index in [4.69, 9.17) is 0 Å². The highest BCUT2D eigenvalue weighted by Gasteiger charge is 2.68. The van der Waals surface area contributed by atoms with Gasteiger partial charge >= 0.3 is 0 Å². The van der Waals surface area contributed by atoms with Gasteiger partial charge in [0.2, 0.25) is 0 Å². The molecule has 0 amide bonds. The Morgan fingerprint density at radius 2 is 1.55 bits per heavy atom. The first-order chi connectivity index (χ1) is 9.69. The van der Waals surface area contributed by atoms with E-state index in [9.17, 15) is 8.42 Å². The third-order valence-corrected chi connectivity index (χ3v) is 9.14. The summed E-state index contributed by atoms with van der Waals surface area (Å²) in [6.45, 7) is 20.5. The zero-order valence-electron chi connectivity index (χ0n) is 16.1. The summed E-state index contributed by atoms with van der Waals surface area (Å²) in [4.78, 5) is 0. The first-order valence-corrected chi connectivity index (χ1v) is 10.2. The number of hydrogen-bond acceptors (Lipinski definition) is 2. The van der Waals surface area contributed by atoms with E-state index < -0.39 is 14.3 Å². The number of hydrogen-bond donors (Lipinski definition) is 0. The second-order valence-corrected chi connectivity index (χ2v) is 11.2. The summed E-state index contributed by atoms with van der Waals surface area (Å²) < 4.78 is 25.6. The lowest BCUT2D eigenvalue weighted by Gasteiger charge is -2.37. The van der Waals surface area contributed by atoms with Gasteiger partial charge in [-0.25, -0.2) is 8.42 Å². The SMILES string of the molecule is CCCC(C)(C)[B]C(C)(CC)S(=O)(=O)[B]C1(C)C(C)C1(C)C. The molecule has 0 N–H and O–H groups in total. The summed E-state index contributed by atoms with van der Waals surface area (Å²) in [6, 6.07) is 0. The van der Waals surface area contributed by atoms with Gasteiger partial charge < -0.3 is 0 Å². The van der Waals surface area contributed by atoms with Crippen LogP contribution >= 0.6 is 0 Å². The molecule has 2 radical (unpaired) electrons. The van der Waals surface area contributed by atoms with Crippen LogP contribution in [0.1, 0.15) is 81.6 Å². The van der Waals surface area contributed by atoms with E-state index in [-0.39, 0.29) is 16.0 Å². The Balaban J connectivity index is 3.03. The van der Waals surface area contributed by atoms with Gasteiger partial charge in [-0.2, -0.15) is 0 Å². The van der Waals surface area contributed by atoms with Gasteiger partial charge in [-0.3, -0.25) is 0 Å². The van der Waals surface area contributed by atoms with E-state index in [1.165, 1.54) is 0 Å². The van der Waals surface area contributed by atoms with E-state index in [0.29, 0.717) is 12.3 Å². The van der Waals surface area contributed by atoms with Gasteiger partial charge in [0.05, 0.1) is 9.69 Å². The second-order valence-electron chi connectivity index (χ2n) is 8.94. The maximum Gasteiger partial charge on any atom is 0.286 e. The normalized spacial score (nSPS) is 30.5. The Labute approximate surface area is 140 Å². The highest BCUT2D eigenvalue weighted by molar-refractivity contribution is 8.17. The zero-order chi connectivity index (χ0) is 17.6. The molecule has 0 bridgehead atoms. The minimum absolute atomic E-state index is 0.0632. The second kappa shape index (κ2) is 5.86. The average molecular weight is 324 g/mol. The van der Waals surface area contributed by atoms with Crippen molar-refractivity contribution in [2.75, 3.05) is 0 Å². The van der Waals surface area contributed by atoms with Crippen molar-refractivity contribution >= 4 is 23.5 Å². The van der Waals surface area contributed by atoms with Gasteiger partial charge in [0.25, 0.3) is 6.56 Å². The Kier molecular flexibility index (Phi) is 5.36. The Morgan fingerprint density at radius 3 is 1.86 bits per heavy atom. The van der Waals surface area contributed by atoms with Crippen molar-refractivity contribution in [3.05, 3.63) is 0 Å². The Bertz CT molecular complexity index is 513. The van der Waals surface area contributed by atoms with Crippen molar-refractivity contribution in [1.82, 2.24) is 0 Å². The van der Waals surface area contributed by atoms with E-state index in [0.717, 1.165) is 12.8 Å². The highest BCUT2D eigenvalue weighted by atomic mass is 32.2. The van der Waals surface area contributed by atoms with Crippen molar-refractivity contribution in [3.63, 3.8) is 0 Å². The molecule has 1 aliphatic carbocycles. The molecule has 0 aromatic heterocycles. The zero-order valence-corrected chi connectivity index (χ0v) is 16.9. The minimum atomic E-state index is -3.30. The molecular formula is C17H34B2O2S. The molecule has 0 aromatic rings. The van der Waals surface area contributed by atoms with Crippen LogP contribution in [-0.4, -0.2) is 26.9 Å². The molecule has 22 heavy (non-hydrogen) atoms. The molecule has 5 heteroatoms. The standard InChI is InChI=1S/C17H34B2O2S/c1-10-12-14(4,5)18-16(8,11-2)22(20,21)19-17(9)13(3)15(17,6)7/h13H,10-12H2,1-9H3. The lowest BCUT2D eigenvalue weighted by Crippen LogP contribution is -2.48. The van der Waals surface area contributed by atoms with E-state index in [1.807, 2.05) is 13.8 Å². The molecule has 0 aliphatic heterocycles. The summed E-state index contributed by atoms with van der Waals surface area (Å²) in [6.07, 6.45) is 2.69. The van der Waals surface area contributed by atoms with Crippen LogP contribution in [0.2, 0.25) is 10.6 Å². The smallest absolute Gasteiger partial charge is 0.242 e. The van der Waals surface area contributed by atoms with Crippen molar-refractivity contribution < 1.29 is 8.42 Å². The van der Waals surface area contributed by atoms with Crippen molar-refractivity contribution in [2.45, 2.75) is 96.9 Å². The maximum absolute atomic E-state index is 13.2.